The molecule has 2 fully saturated rings. The zero-order valence-corrected chi connectivity index (χ0v) is 18.6. The van der Waals surface area contributed by atoms with E-state index in [1.807, 2.05) is 48.1 Å². The molecule has 176 valence electrons. The summed E-state index contributed by atoms with van der Waals surface area (Å²) < 4.78 is 41.0. The highest BCUT2D eigenvalue weighted by Gasteiger charge is 2.51. The number of aliphatic hydroxyl groups excluding tert-OH is 1. The van der Waals surface area contributed by atoms with Crippen LogP contribution in [0.1, 0.15) is 43.9 Å². The summed E-state index contributed by atoms with van der Waals surface area (Å²) in [5.41, 5.74) is 3.69. The zero-order chi connectivity index (χ0) is 23.4. The third-order valence-corrected chi connectivity index (χ3v) is 7.52. The number of para-hydroxylation sites is 1. The lowest BCUT2D eigenvalue weighted by Gasteiger charge is -2.38. The van der Waals surface area contributed by atoms with E-state index in [1.54, 1.807) is 0 Å². The predicted molar refractivity (Wildman–Crippen MR) is 117 cm³/mol. The second kappa shape index (κ2) is 8.01. The number of nitrogens with zero attached hydrogens (tertiary/aromatic N) is 3. The average molecular weight is 460 g/mol. The van der Waals surface area contributed by atoms with Gasteiger partial charge in [-0.1, -0.05) is 30.7 Å². The molecule has 0 saturated heterocycles. The first-order valence-electron chi connectivity index (χ1n) is 11.5. The highest BCUT2D eigenvalue weighted by atomic mass is 19.4. The van der Waals surface area contributed by atoms with Crippen LogP contribution in [0.25, 0.3) is 11.8 Å². The molecule has 1 heterocycles. The van der Waals surface area contributed by atoms with Crippen molar-refractivity contribution < 1.29 is 23.1 Å². The zero-order valence-electron chi connectivity index (χ0n) is 18.6. The van der Waals surface area contributed by atoms with Crippen LogP contribution in [-0.2, 0) is 11.2 Å². The fraction of sp³-hybridized carbons (Fsp3) is 0.520. The molecule has 1 aromatic heterocycles. The summed E-state index contributed by atoms with van der Waals surface area (Å²) in [6, 6.07) is 9.84. The largest absolute Gasteiger partial charge is 0.416 e. The number of carbonyl (C=O) groups excluding carboxylic acids is 1. The lowest BCUT2D eigenvalue weighted by Crippen LogP contribution is -2.49. The molecule has 5 rings (SSSR count). The third-order valence-electron chi connectivity index (χ3n) is 7.52. The van der Waals surface area contributed by atoms with Crippen molar-refractivity contribution in [3.05, 3.63) is 53.4 Å². The van der Waals surface area contributed by atoms with Crippen LogP contribution in [0.3, 0.4) is 0 Å². The minimum Gasteiger partial charge on any atom is -0.382 e. The number of aromatic nitrogens is 2. The summed E-state index contributed by atoms with van der Waals surface area (Å²) in [6.45, 7) is 1.64. The van der Waals surface area contributed by atoms with Gasteiger partial charge in [-0.3, -0.25) is 4.79 Å². The van der Waals surface area contributed by atoms with E-state index in [9.17, 15) is 23.1 Å². The van der Waals surface area contributed by atoms with Crippen molar-refractivity contribution >= 4 is 12.0 Å². The van der Waals surface area contributed by atoms with Crippen molar-refractivity contribution in [1.82, 2.24) is 14.7 Å². The van der Waals surface area contributed by atoms with Crippen molar-refractivity contribution in [3.63, 3.8) is 0 Å². The van der Waals surface area contributed by atoms with Crippen LogP contribution in [0.15, 0.2) is 42.1 Å². The highest BCUT2D eigenvalue weighted by molar-refractivity contribution is 5.82. The quantitative estimate of drug-likeness (QED) is 0.697. The van der Waals surface area contributed by atoms with E-state index in [0.717, 1.165) is 41.8 Å². The van der Waals surface area contributed by atoms with Crippen LogP contribution in [0, 0.1) is 17.3 Å². The Morgan fingerprint density at radius 1 is 1.27 bits per heavy atom. The Kier molecular flexibility index (Phi) is 5.39. The molecule has 2 aromatic rings. The molecule has 8 heteroatoms. The maximum absolute atomic E-state index is 13.6. The van der Waals surface area contributed by atoms with E-state index in [2.05, 4.69) is 11.2 Å². The SMILES string of the molecule is C[C@]12Cc3cnn(-c4ccccc4)c3C=C1CC[C@@H]2C(=O)N(CC1CC1)CC(O)C(F)(F)F. The van der Waals surface area contributed by atoms with E-state index < -0.39 is 30.2 Å². The minimum absolute atomic E-state index is 0.237. The molecule has 0 spiro atoms. The molecule has 3 aliphatic carbocycles. The molecule has 0 aliphatic heterocycles. The topological polar surface area (TPSA) is 58.4 Å². The van der Waals surface area contributed by atoms with Crippen molar-refractivity contribution in [2.75, 3.05) is 13.1 Å². The number of hydrogen-bond donors (Lipinski definition) is 1. The van der Waals surface area contributed by atoms with Gasteiger partial charge in [-0.05, 0) is 61.8 Å². The lowest BCUT2D eigenvalue weighted by molar-refractivity contribution is -0.209. The van der Waals surface area contributed by atoms with Gasteiger partial charge in [-0.2, -0.15) is 18.3 Å². The monoisotopic (exact) mass is 459 g/mol. The van der Waals surface area contributed by atoms with Crippen molar-refractivity contribution in [2.45, 2.75) is 51.3 Å². The first-order valence-corrected chi connectivity index (χ1v) is 11.5. The van der Waals surface area contributed by atoms with Gasteiger partial charge in [0.05, 0.1) is 24.1 Å². The lowest BCUT2D eigenvalue weighted by atomic mass is 9.69. The van der Waals surface area contributed by atoms with Crippen molar-refractivity contribution in [3.8, 4) is 5.69 Å². The predicted octanol–water partition coefficient (Wildman–Crippen LogP) is 4.39. The van der Waals surface area contributed by atoms with E-state index in [0.29, 0.717) is 12.8 Å². The molecule has 5 nitrogen and oxygen atoms in total. The number of hydrogen-bond acceptors (Lipinski definition) is 3. The molecular formula is C25H28F3N3O2. The van der Waals surface area contributed by atoms with Crippen LogP contribution in [0.4, 0.5) is 13.2 Å². The number of allylic oxidation sites excluding steroid dienone is 1. The van der Waals surface area contributed by atoms with Gasteiger partial charge in [0.2, 0.25) is 5.91 Å². The Morgan fingerprint density at radius 3 is 2.67 bits per heavy atom. The minimum atomic E-state index is -4.74. The van der Waals surface area contributed by atoms with Gasteiger partial charge in [0, 0.05) is 17.9 Å². The molecular weight excluding hydrogens is 431 g/mol. The van der Waals surface area contributed by atoms with Gasteiger partial charge in [-0.15, -0.1) is 0 Å². The van der Waals surface area contributed by atoms with Gasteiger partial charge in [0.25, 0.3) is 0 Å². The Labute approximate surface area is 190 Å². The van der Waals surface area contributed by atoms with Gasteiger partial charge >= 0.3 is 6.18 Å². The summed E-state index contributed by atoms with van der Waals surface area (Å²) in [5.74, 6) is -0.438. The van der Waals surface area contributed by atoms with Crippen LogP contribution in [-0.4, -0.2) is 51.1 Å². The Bertz CT molecular complexity index is 1070. The van der Waals surface area contributed by atoms with Crippen LogP contribution in [0.2, 0.25) is 0 Å². The molecule has 2 saturated carbocycles. The molecule has 1 aromatic carbocycles. The van der Waals surface area contributed by atoms with Crippen LogP contribution < -0.4 is 0 Å². The first kappa shape index (κ1) is 22.2. The first-order chi connectivity index (χ1) is 15.7. The number of carbonyl (C=O) groups is 1. The molecule has 3 aliphatic rings. The van der Waals surface area contributed by atoms with Crippen LogP contribution in [0.5, 0.6) is 0 Å². The number of amides is 1. The summed E-state index contributed by atoms with van der Waals surface area (Å²) in [4.78, 5) is 14.8. The molecule has 0 radical (unpaired) electrons. The Morgan fingerprint density at radius 2 is 2.00 bits per heavy atom. The fourth-order valence-electron chi connectivity index (χ4n) is 5.41. The molecule has 1 amide bonds. The average Bonchev–Trinajstić information content (AvgIpc) is 3.41. The third kappa shape index (κ3) is 4.09. The second-order valence-electron chi connectivity index (χ2n) is 9.90. The smallest absolute Gasteiger partial charge is 0.382 e. The van der Waals surface area contributed by atoms with Crippen LogP contribution >= 0.6 is 0 Å². The number of alkyl halides is 3. The van der Waals surface area contributed by atoms with Gasteiger partial charge in [0.15, 0.2) is 6.10 Å². The summed E-state index contributed by atoms with van der Waals surface area (Å²) in [6.07, 6.45) is 0.472. The number of halogens is 3. The van der Waals surface area contributed by atoms with E-state index >= 15 is 0 Å². The maximum Gasteiger partial charge on any atom is 0.416 e. The summed E-state index contributed by atoms with van der Waals surface area (Å²) >= 11 is 0. The fourth-order valence-corrected chi connectivity index (χ4v) is 5.41. The molecule has 1 N–H and O–H groups in total. The van der Waals surface area contributed by atoms with E-state index in [-0.39, 0.29) is 18.4 Å². The van der Waals surface area contributed by atoms with Crippen molar-refractivity contribution in [1.29, 1.82) is 0 Å². The van der Waals surface area contributed by atoms with E-state index in [1.165, 1.54) is 4.90 Å². The number of rotatable bonds is 6. The highest BCUT2D eigenvalue weighted by Crippen LogP contribution is 2.54. The molecule has 3 atom stereocenters. The van der Waals surface area contributed by atoms with Gasteiger partial charge in [0.1, 0.15) is 0 Å². The standard InChI is InChI=1S/C25H28F3N3O2/c1-24-12-17-13-29-31(19-5-3-2-4-6-19)21(17)11-18(24)9-10-20(24)23(33)30(14-16-7-8-16)15-22(32)25(26,27)28/h2-6,11,13,16,20,22,32H,7-10,12,14-15H2,1H3/t20-,22?,24+/m1/s1. The van der Waals surface area contributed by atoms with Crippen molar-refractivity contribution in [2.24, 2.45) is 17.3 Å². The number of aliphatic hydroxyl groups is 1. The number of benzene rings is 1. The normalized spacial score (nSPS) is 25.2. The number of fused-ring (bicyclic) bond motifs is 2. The van der Waals surface area contributed by atoms with Gasteiger partial charge in [-0.25, -0.2) is 4.68 Å². The second-order valence-corrected chi connectivity index (χ2v) is 9.90. The maximum atomic E-state index is 13.6. The summed E-state index contributed by atoms with van der Waals surface area (Å²) in [5, 5.41) is 14.2. The molecule has 0 bridgehead atoms. The molecule has 1 unspecified atom stereocenters. The summed E-state index contributed by atoms with van der Waals surface area (Å²) in [7, 11) is 0. The Balaban J connectivity index is 1.41. The Hall–Kier alpha value is -2.61. The molecule has 33 heavy (non-hydrogen) atoms. The van der Waals surface area contributed by atoms with Gasteiger partial charge < -0.3 is 10.0 Å². The van der Waals surface area contributed by atoms with E-state index in [4.69, 9.17) is 0 Å².